The molecule has 3 aliphatic heterocycles. The molecule has 0 aliphatic carbocycles. The van der Waals surface area contributed by atoms with Crippen molar-refractivity contribution in [3.63, 3.8) is 0 Å². The Morgan fingerprint density at radius 1 is 1.28 bits per heavy atom. The van der Waals surface area contributed by atoms with Crippen molar-refractivity contribution in [2.75, 3.05) is 47.1 Å². The number of piperidine rings is 1. The van der Waals surface area contributed by atoms with E-state index in [4.69, 9.17) is 14.2 Å². The number of methoxy groups -OCH3 is 2. The SMILES string of the molecule is COCCN1C(=O)CC(C(=O)OC)C12CCN(Cc1ccc3c(c1)CCO3)CC2. The van der Waals surface area contributed by atoms with Crippen LogP contribution in [0.1, 0.15) is 30.4 Å². The molecular weight excluding hydrogens is 372 g/mol. The molecule has 3 heterocycles. The van der Waals surface area contributed by atoms with Crippen LogP contribution in [0.2, 0.25) is 0 Å². The normalized spacial score (nSPS) is 23.3. The molecule has 0 aromatic heterocycles. The first-order valence-corrected chi connectivity index (χ1v) is 10.4. The number of carbonyl (C=O) groups excluding carboxylic acids is 2. The number of ether oxygens (including phenoxy) is 3. The van der Waals surface area contributed by atoms with Crippen LogP contribution in [0, 0.1) is 5.92 Å². The van der Waals surface area contributed by atoms with Gasteiger partial charge < -0.3 is 19.1 Å². The predicted octanol–water partition coefficient (Wildman–Crippen LogP) is 1.62. The molecule has 1 amide bonds. The fraction of sp³-hybridized carbons (Fsp3) is 0.636. The van der Waals surface area contributed by atoms with Crippen LogP contribution in [0.15, 0.2) is 18.2 Å². The van der Waals surface area contributed by atoms with Crippen LogP contribution in [0.3, 0.4) is 0 Å². The molecule has 4 rings (SSSR count). The maximum absolute atomic E-state index is 12.7. The quantitative estimate of drug-likeness (QED) is 0.674. The Bertz CT molecular complexity index is 772. The predicted molar refractivity (Wildman–Crippen MR) is 107 cm³/mol. The molecule has 0 N–H and O–H groups in total. The van der Waals surface area contributed by atoms with Crippen LogP contribution in [0.25, 0.3) is 0 Å². The Balaban J connectivity index is 1.46. The van der Waals surface area contributed by atoms with E-state index >= 15 is 0 Å². The Morgan fingerprint density at radius 3 is 2.79 bits per heavy atom. The van der Waals surface area contributed by atoms with Gasteiger partial charge in [0.25, 0.3) is 0 Å². The first-order chi connectivity index (χ1) is 14.1. The van der Waals surface area contributed by atoms with Crippen LogP contribution in [0.5, 0.6) is 5.75 Å². The van der Waals surface area contributed by atoms with Crippen LogP contribution < -0.4 is 4.74 Å². The first kappa shape index (κ1) is 20.2. The summed E-state index contributed by atoms with van der Waals surface area (Å²) in [6.07, 6.45) is 2.76. The summed E-state index contributed by atoms with van der Waals surface area (Å²) in [7, 11) is 3.04. The molecule has 158 valence electrons. The van der Waals surface area contributed by atoms with E-state index in [2.05, 4.69) is 23.1 Å². The average molecular weight is 402 g/mol. The number of benzene rings is 1. The monoisotopic (exact) mass is 402 g/mol. The Hall–Kier alpha value is -2.12. The van der Waals surface area contributed by atoms with Gasteiger partial charge in [-0.05, 0) is 30.0 Å². The van der Waals surface area contributed by atoms with E-state index in [9.17, 15) is 9.59 Å². The number of esters is 1. The topological polar surface area (TPSA) is 68.3 Å². The van der Waals surface area contributed by atoms with Gasteiger partial charge in [0.05, 0.1) is 31.8 Å². The minimum absolute atomic E-state index is 0.0320. The Labute approximate surface area is 171 Å². The van der Waals surface area contributed by atoms with Crippen molar-refractivity contribution < 1.29 is 23.8 Å². The molecule has 1 aromatic rings. The molecule has 0 bridgehead atoms. The van der Waals surface area contributed by atoms with Crippen LogP contribution in [0.4, 0.5) is 0 Å². The number of carbonyl (C=O) groups is 2. The molecule has 1 spiro atoms. The van der Waals surface area contributed by atoms with Gasteiger partial charge in [-0.25, -0.2) is 0 Å². The Kier molecular flexibility index (Phi) is 5.79. The second-order valence-electron chi connectivity index (χ2n) is 8.24. The second-order valence-corrected chi connectivity index (χ2v) is 8.24. The highest BCUT2D eigenvalue weighted by Crippen LogP contribution is 2.44. The average Bonchev–Trinajstić information content (AvgIpc) is 3.30. The number of hydrogen-bond donors (Lipinski definition) is 0. The first-order valence-electron chi connectivity index (χ1n) is 10.4. The summed E-state index contributed by atoms with van der Waals surface area (Å²) < 4.78 is 15.9. The van der Waals surface area contributed by atoms with Gasteiger partial charge in [-0.3, -0.25) is 14.5 Å². The zero-order valence-corrected chi connectivity index (χ0v) is 17.3. The smallest absolute Gasteiger partial charge is 0.311 e. The fourth-order valence-electron chi connectivity index (χ4n) is 5.20. The lowest BCUT2D eigenvalue weighted by molar-refractivity contribution is -0.150. The van der Waals surface area contributed by atoms with E-state index < -0.39 is 11.5 Å². The lowest BCUT2D eigenvalue weighted by Gasteiger charge is -2.47. The third-order valence-electron chi connectivity index (χ3n) is 6.75. The largest absolute Gasteiger partial charge is 0.493 e. The van der Waals surface area contributed by atoms with Gasteiger partial charge in [0.2, 0.25) is 5.91 Å². The summed E-state index contributed by atoms with van der Waals surface area (Å²) in [5.41, 5.74) is 2.12. The summed E-state index contributed by atoms with van der Waals surface area (Å²) in [6.45, 7) is 4.33. The Morgan fingerprint density at radius 2 is 2.07 bits per heavy atom. The zero-order valence-electron chi connectivity index (χ0n) is 17.3. The van der Waals surface area contributed by atoms with Crippen LogP contribution in [-0.4, -0.2) is 74.3 Å². The van der Waals surface area contributed by atoms with Crippen molar-refractivity contribution in [3.8, 4) is 5.75 Å². The second kappa shape index (κ2) is 8.32. The van der Waals surface area contributed by atoms with E-state index in [-0.39, 0.29) is 18.3 Å². The number of fused-ring (bicyclic) bond motifs is 1. The van der Waals surface area contributed by atoms with E-state index in [1.54, 1.807) is 7.11 Å². The molecule has 1 unspecified atom stereocenters. The van der Waals surface area contributed by atoms with Gasteiger partial charge in [0.15, 0.2) is 0 Å². The lowest BCUT2D eigenvalue weighted by Crippen LogP contribution is -2.58. The highest BCUT2D eigenvalue weighted by atomic mass is 16.5. The van der Waals surface area contributed by atoms with Crippen molar-refractivity contribution >= 4 is 11.9 Å². The van der Waals surface area contributed by atoms with E-state index in [0.29, 0.717) is 13.2 Å². The number of nitrogens with zero attached hydrogens (tertiary/aromatic N) is 2. The van der Waals surface area contributed by atoms with E-state index in [1.165, 1.54) is 18.2 Å². The van der Waals surface area contributed by atoms with Gasteiger partial charge >= 0.3 is 5.97 Å². The van der Waals surface area contributed by atoms with Crippen molar-refractivity contribution in [2.24, 2.45) is 5.92 Å². The summed E-state index contributed by atoms with van der Waals surface area (Å²) in [5.74, 6) is 0.372. The molecular formula is C22H30N2O5. The fourth-order valence-corrected chi connectivity index (χ4v) is 5.20. The molecule has 7 heteroatoms. The zero-order chi connectivity index (χ0) is 20.4. The molecule has 0 radical (unpaired) electrons. The molecule has 1 atom stereocenters. The summed E-state index contributed by atoms with van der Waals surface area (Å²) >= 11 is 0. The summed E-state index contributed by atoms with van der Waals surface area (Å²) in [5, 5.41) is 0. The van der Waals surface area contributed by atoms with E-state index in [1.807, 2.05) is 4.90 Å². The van der Waals surface area contributed by atoms with Gasteiger partial charge in [-0.1, -0.05) is 12.1 Å². The number of likely N-dealkylation sites (tertiary alicyclic amines) is 2. The van der Waals surface area contributed by atoms with Crippen molar-refractivity contribution in [1.29, 1.82) is 0 Å². The minimum Gasteiger partial charge on any atom is -0.493 e. The maximum Gasteiger partial charge on any atom is 0.311 e. The third kappa shape index (κ3) is 3.73. The molecule has 1 aromatic carbocycles. The lowest BCUT2D eigenvalue weighted by atomic mass is 9.76. The van der Waals surface area contributed by atoms with Gasteiger partial charge in [-0.2, -0.15) is 0 Å². The highest BCUT2D eigenvalue weighted by molar-refractivity contribution is 5.89. The van der Waals surface area contributed by atoms with Crippen molar-refractivity contribution in [3.05, 3.63) is 29.3 Å². The van der Waals surface area contributed by atoms with Crippen molar-refractivity contribution in [2.45, 2.75) is 37.8 Å². The summed E-state index contributed by atoms with van der Waals surface area (Å²) in [6, 6.07) is 6.45. The van der Waals surface area contributed by atoms with Crippen molar-refractivity contribution in [1.82, 2.24) is 9.80 Å². The van der Waals surface area contributed by atoms with Gasteiger partial charge in [-0.15, -0.1) is 0 Å². The number of hydrogen-bond acceptors (Lipinski definition) is 6. The minimum atomic E-state index is -0.453. The standard InChI is InChI=1S/C22H30N2O5/c1-27-12-10-24-20(25)14-18(21(26)28-2)22(24)6-8-23(9-7-22)15-16-3-4-19-17(13-16)5-11-29-19/h3-4,13,18H,5-12,14-15H2,1-2H3. The highest BCUT2D eigenvalue weighted by Gasteiger charge is 2.56. The molecule has 0 saturated carbocycles. The van der Waals surface area contributed by atoms with Gasteiger partial charge in [0.1, 0.15) is 5.75 Å². The summed E-state index contributed by atoms with van der Waals surface area (Å²) in [4.78, 5) is 29.5. The molecule has 7 nitrogen and oxygen atoms in total. The number of amides is 1. The van der Waals surface area contributed by atoms with Gasteiger partial charge in [0, 0.05) is 46.1 Å². The van der Waals surface area contributed by atoms with Crippen LogP contribution >= 0.6 is 0 Å². The van der Waals surface area contributed by atoms with E-state index in [0.717, 1.165) is 51.3 Å². The molecule has 3 aliphatic rings. The third-order valence-corrected chi connectivity index (χ3v) is 6.75. The maximum atomic E-state index is 12.7. The molecule has 29 heavy (non-hydrogen) atoms. The number of rotatable bonds is 6. The molecule has 2 fully saturated rings. The molecule has 2 saturated heterocycles. The van der Waals surface area contributed by atoms with Crippen LogP contribution in [-0.2, 0) is 32.0 Å².